The zero-order chi connectivity index (χ0) is 14.5. The van der Waals surface area contributed by atoms with Crippen molar-refractivity contribution < 1.29 is 9.84 Å². The van der Waals surface area contributed by atoms with Crippen LogP contribution in [0.25, 0.3) is 0 Å². The Morgan fingerprint density at radius 1 is 1.10 bits per heavy atom. The van der Waals surface area contributed by atoms with E-state index in [1.54, 1.807) is 12.1 Å². The molecule has 1 atom stereocenters. The predicted molar refractivity (Wildman–Crippen MR) is 85.4 cm³/mol. The van der Waals surface area contributed by atoms with Crippen LogP contribution in [-0.4, -0.2) is 9.94 Å². The second-order valence-corrected chi connectivity index (χ2v) is 6.32. The first kappa shape index (κ1) is 15.6. The quantitative estimate of drug-likeness (QED) is 0.755. The van der Waals surface area contributed by atoms with E-state index in [4.69, 9.17) is 27.9 Å². The minimum Gasteiger partial charge on any atom is -0.489 e. The van der Waals surface area contributed by atoms with Crippen molar-refractivity contribution in [3.05, 3.63) is 64.1 Å². The number of benzene rings is 2. The van der Waals surface area contributed by atoms with Crippen molar-refractivity contribution in [1.82, 2.24) is 0 Å². The number of halogens is 3. The van der Waals surface area contributed by atoms with Gasteiger partial charge in [-0.3, -0.25) is 0 Å². The van der Waals surface area contributed by atoms with Gasteiger partial charge >= 0.3 is 0 Å². The van der Waals surface area contributed by atoms with Crippen LogP contribution in [0, 0.1) is 0 Å². The molecule has 2 rings (SSSR count). The molecule has 0 radical (unpaired) electrons. The molecular weight excluding hydrogens is 363 g/mol. The number of rotatable bonds is 5. The highest BCUT2D eigenvalue weighted by Gasteiger charge is 2.20. The highest BCUT2D eigenvalue weighted by Crippen LogP contribution is 2.33. The van der Waals surface area contributed by atoms with E-state index in [0.29, 0.717) is 17.9 Å². The monoisotopic (exact) mass is 374 g/mol. The van der Waals surface area contributed by atoms with E-state index in [2.05, 4.69) is 15.9 Å². The Morgan fingerprint density at radius 2 is 1.80 bits per heavy atom. The lowest BCUT2D eigenvalue weighted by atomic mass is 10.1. The van der Waals surface area contributed by atoms with Gasteiger partial charge in [0.2, 0.25) is 0 Å². The van der Waals surface area contributed by atoms with Crippen molar-refractivity contribution >= 4 is 39.1 Å². The van der Waals surface area contributed by atoms with Crippen molar-refractivity contribution in [1.29, 1.82) is 0 Å². The lowest BCUT2D eigenvalue weighted by molar-refractivity contribution is 0.184. The average Bonchev–Trinajstić information content (AvgIpc) is 2.46. The third-order valence-corrected chi connectivity index (χ3v) is 3.74. The van der Waals surface area contributed by atoms with Gasteiger partial charge in [0, 0.05) is 10.0 Å². The molecule has 1 unspecified atom stereocenters. The topological polar surface area (TPSA) is 29.5 Å². The highest BCUT2D eigenvalue weighted by molar-refractivity contribution is 9.10. The summed E-state index contributed by atoms with van der Waals surface area (Å²) in [5.41, 5.74) is 1.61. The molecule has 0 aliphatic rings. The second-order valence-electron chi connectivity index (χ2n) is 4.24. The zero-order valence-electron chi connectivity index (χ0n) is 10.5. The molecule has 0 spiro atoms. The molecule has 0 aliphatic carbocycles. The molecule has 0 saturated heterocycles. The van der Waals surface area contributed by atoms with Gasteiger partial charge in [-0.1, -0.05) is 46.3 Å². The van der Waals surface area contributed by atoms with Gasteiger partial charge in [0.1, 0.15) is 23.3 Å². The Hall–Kier alpha value is -0.740. The van der Waals surface area contributed by atoms with Gasteiger partial charge in [0.25, 0.3) is 0 Å². The summed E-state index contributed by atoms with van der Waals surface area (Å²) in [7, 11) is 0. The molecule has 0 aromatic heterocycles. The van der Waals surface area contributed by atoms with E-state index in [1.165, 1.54) is 0 Å². The Morgan fingerprint density at radius 3 is 2.45 bits per heavy atom. The maximum atomic E-state index is 10.0. The van der Waals surface area contributed by atoms with E-state index in [-0.39, 0.29) is 0 Å². The molecule has 2 aromatic carbocycles. The number of hydrogen-bond acceptors (Lipinski definition) is 2. The summed E-state index contributed by atoms with van der Waals surface area (Å²) in [6.07, 6.45) is -0.999. The molecule has 0 heterocycles. The molecule has 5 heteroatoms. The zero-order valence-corrected chi connectivity index (χ0v) is 13.6. The molecule has 2 nitrogen and oxygen atoms in total. The number of hydrogen-bond donors (Lipinski definition) is 1. The largest absolute Gasteiger partial charge is 0.489 e. The molecule has 20 heavy (non-hydrogen) atoms. The van der Waals surface area contributed by atoms with Gasteiger partial charge < -0.3 is 9.84 Å². The van der Waals surface area contributed by atoms with Crippen LogP contribution in [0.2, 0.25) is 0 Å². The average molecular weight is 376 g/mol. The van der Waals surface area contributed by atoms with Crippen molar-refractivity contribution in [2.75, 3.05) is 0 Å². The highest BCUT2D eigenvalue weighted by atomic mass is 79.9. The summed E-state index contributed by atoms with van der Waals surface area (Å²) in [4.78, 5) is -0.914. The smallest absolute Gasteiger partial charge is 0.137 e. The summed E-state index contributed by atoms with van der Waals surface area (Å²) in [6.45, 7) is 0.414. The standard InChI is InChI=1S/C15H13BrCl2O2/c16-11-6-7-13(12(8-11)14(19)15(17)18)20-9-10-4-2-1-3-5-10/h1-8,14-15,19H,9H2. The van der Waals surface area contributed by atoms with E-state index < -0.39 is 10.9 Å². The molecule has 2 aromatic rings. The molecular formula is C15H13BrCl2O2. The Balaban J connectivity index is 2.18. The molecule has 0 saturated carbocycles. The Bertz CT molecular complexity index is 561. The maximum Gasteiger partial charge on any atom is 0.137 e. The van der Waals surface area contributed by atoms with E-state index in [0.717, 1.165) is 10.0 Å². The lowest BCUT2D eigenvalue weighted by Crippen LogP contribution is -2.09. The number of ether oxygens (including phenoxy) is 1. The summed E-state index contributed by atoms with van der Waals surface area (Å²) < 4.78 is 6.58. The fraction of sp³-hybridized carbons (Fsp3) is 0.200. The summed E-state index contributed by atoms with van der Waals surface area (Å²) in [5, 5.41) is 10.0. The molecule has 0 fully saturated rings. The molecule has 106 valence electrons. The lowest BCUT2D eigenvalue weighted by Gasteiger charge is -2.17. The molecule has 0 bridgehead atoms. The maximum absolute atomic E-state index is 10.0. The normalized spacial score (nSPS) is 12.4. The van der Waals surface area contributed by atoms with Gasteiger partial charge in [0.15, 0.2) is 0 Å². The van der Waals surface area contributed by atoms with Crippen LogP contribution in [0.1, 0.15) is 17.2 Å². The van der Waals surface area contributed by atoms with Gasteiger partial charge in [0.05, 0.1) is 0 Å². The van der Waals surface area contributed by atoms with Crippen LogP contribution in [-0.2, 0) is 6.61 Å². The van der Waals surface area contributed by atoms with E-state index >= 15 is 0 Å². The third-order valence-electron chi connectivity index (χ3n) is 2.77. The van der Waals surface area contributed by atoms with Gasteiger partial charge in [-0.05, 0) is 23.8 Å². The van der Waals surface area contributed by atoms with Crippen LogP contribution >= 0.6 is 39.1 Å². The van der Waals surface area contributed by atoms with Crippen molar-refractivity contribution in [3.63, 3.8) is 0 Å². The van der Waals surface area contributed by atoms with Crippen molar-refractivity contribution in [2.45, 2.75) is 17.5 Å². The van der Waals surface area contributed by atoms with Crippen LogP contribution in [0.3, 0.4) is 0 Å². The SMILES string of the molecule is OC(c1cc(Br)ccc1OCc1ccccc1)C(Cl)Cl. The van der Waals surface area contributed by atoms with Crippen LogP contribution in [0.15, 0.2) is 53.0 Å². The van der Waals surface area contributed by atoms with Crippen LogP contribution < -0.4 is 4.74 Å². The van der Waals surface area contributed by atoms with Crippen molar-refractivity contribution in [3.8, 4) is 5.75 Å². The molecule has 0 aliphatic heterocycles. The first-order chi connectivity index (χ1) is 9.58. The third kappa shape index (κ3) is 4.13. The van der Waals surface area contributed by atoms with Crippen LogP contribution in [0.5, 0.6) is 5.75 Å². The number of alkyl halides is 2. The Kier molecular flexibility index (Phi) is 5.73. The van der Waals surface area contributed by atoms with E-state index in [1.807, 2.05) is 36.4 Å². The number of aliphatic hydroxyl groups is 1. The second kappa shape index (κ2) is 7.32. The first-order valence-electron chi connectivity index (χ1n) is 6.00. The first-order valence-corrected chi connectivity index (χ1v) is 7.67. The predicted octanol–water partition coefficient (Wildman–Crippen LogP) is 4.87. The van der Waals surface area contributed by atoms with Crippen molar-refractivity contribution in [2.24, 2.45) is 0 Å². The minimum atomic E-state index is -0.999. The van der Waals surface area contributed by atoms with Gasteiger partial charge in [-0.15, -0.1) is 23.2 Å². The summed E-state index contributed by atoms with van der Waals surface area (Å²) in [5.74, 6) is 0.566. The van der Waals surface area contributed by atoms with Gasteiger partial charge in [-0.25, -0.2) is 0 Å². The fourth-order valence-corrected chi connectivity index (χ4v) is 2.40. The summed E-state index contributed by atoms with van der Waals surface area (Å²) in [6, 6.07) is 15.2. The number of aliphatic hydroxyl groups excluding tert-OH is 1. The molecule has 0 amide bonds. The summed E-state index contributed by atoms with van der Waals surface area (Å²) >= 11 is 14.9. The molecule has 1 N–H and O–H groups in total. The van der Waals surface area contributed by atoms with Gasteiger partial charge in [-0.2, -0.15) is 0 Å². The van der Waals surface area contributed by atoms with Crippen LogP contribution in [0.4, 0.5) is 0 Å². The minimum absolute atomic E-state index is 0.414. The van der Waals surface area contributed by atoms with E-state index in [9.17, 15) is 5.11 Å². The fourth-order valence-electron chi connectivity index (χ4n) is 1.75. The Labute approximate surface area is 136 Å².